The van der Waals surface area contributed by atoms with Crippen molar-refractivity contribution in [2.75, 3.05) is 6.61 Å². The molecule has 1 heterocycles. The Kier molecular flexibility index (Phi) is 8.36. The molecule has 3 aromatic carbocycles. The summed E-state index contributed by atoms with van der Waals surface area (Å²) in [4.78, 5) is 12.0. The molecular weight excluding hydrogens is 452 g/mol. The standard InChI is InChI=1S/C28H27ClO5/c29-24-16-9-7-14-22(24)28-32-19-20(27(34-28)23-15-8-10-17-25(23)30)11-3-1-6-18-26(31)33-21-12-4-2-5-13-21/h1-5,7-10,12-17,20,27-28,30H,6,11,18-19H2/t20-,27+,28+/m1/s1. The maximum absolute atomic E-state index is 12.0. The first-order chi connectivity index (χ1) is 16.6. The molecule has 0 unspecified atom stereocenters. The van der Waals surface area contributed by atoms with E-state index in [0.717, 1.165) is 5.56 Å². The Labute approximate surface area is 204 Å². The quantitative estimate of drug-likeness (QED) is 0.219. The molecule has 1 saturated heterocycles. The number of hydrogen-bond acceptors (Lipinski definition) is 5. The Morgan fingerprint density at radius 1 is 0.971 bits per heavy atom. The summed E-state index contributed by atoms with van der Waals surface area (Å²) in [5.41, 5.74) is 1.48. The van der Waals surface area contributed by atoms with E-state index in [-0.39, 0.29) is 23.7 Å². The van der Waals surface area contributed by atoms with Crippen LogP contribution >= 0.6 is 11.6 Å². The smallest absolute Gasteiger partial charge is 0.311 e. The van der Waals surface area contributed by atoms with Gasteiger partial charge in [-0.25, -0.2) is 0 Å². The van der Waals surface area contributed by atoms with Gasteiger partial charge in [0.05, 0.1) is 12.7 Å². The van der Waals surface area contributed by atoms with Gasteiger partial charge in [0, 0.05) is 28.5 Å². The summed E-state index contributed by atoms with van der Waals surface area (Å²) in [6.45, 7) is 0.440. The summed E-state index contributed by atoms with van der Waals surface area (Å²) in [5.74, 6) is 0.450. The molecule has 34 heavy (non-hydrogen) atoms. The van der Waals surface area contributed by atoms with E-state index in [2.05, 4.69) is 0 Å². The van der Waals surface area contributed by atoms with Crippen LogP contribution in [0.4, 0.5) is 0 Å². The van der Waals surface area contributed by atoms with E-state index in [1.165, 1.54) is 0 Å². The van der Waals surface area contributed by atoms with E-state index >= 15 is 0 Å². The lowest BCUT2D eigenvalue weighted by atomic mass is 9.91. The Bertz CT molecular complexity index is 1110. The minimum Gasteiger partial charge on any atom is -0.508 e. The summed E-state index contributed by atoms with van der Waals surface area (Å²) in [5, 5.41) is 11.0. The number of aromatic hydroxyl groups is 1. The second-order valence-electron chi connectivity index (χ2n) is 8.10. The Hall–Kier alpha value is -3.12. The third-order valence-electron chi connectivity index (χ3n) is 5.66. The van der Waals surface area contributed by atoms with Crippen LogP contribution in [0.1, 0.15) is 42.8 Å². The highest BCUT2D eigenvalue weighted by Crippen LogP contribution is 2.43. The molecule has 0 spiro atoms. The summed E-state index contributed by atoms with van der Waals surface area (Å²) in [7, 11) is 0. The number of carbonyl (C=O) groups is 1. The number of halogens is 1. The SMILES string of the molecule is O=C(CCC=CC[C@@H]1CO[C@H](c2ccccc2Cl)O[C@@H]1c1ccccc1O)Oc1ccccc1. The lowest BCUT2D eigenvalue weighted by Gasteiger charge is -2.37. The van der Waals surface area contributed by atoms with Crippen molar-refractivity contribution in [3.63, 3.8) is 0 Å². The second-order valence-corrected chi connectivity index (χ2v) is 8.50. The predicted octanol–water partition coefficient (Wildman–Crippen LogP) is 6.78. The van der Waals surface area contributed by atoms with Crippen molar-refractivity contribution in [2.45, 2.75) is 31.7 Å². The molecule has 1 fully saturated rings. The molecule has 0 amide bonds. The lowest BCUT2D eigenvalue weighted by molar-refractivity contribution is -0.244. The number of ether oxygens (including phenoxy) is 3. The molecule has 0 radical (unpaired) electrons. The Balaban J connectivity index is 1.37. The van der Waals surface area contributed by atoms with Gasteiger partial charge in [-0.3, -0.25) is 4.79 Å². The third kappa shape index (κ3) is 6.26. The fourth-order valence-electron chi connectivity index (χ4n) is 3.92. The summed E-state index contributed by atoms with van der Waals surface area (Å²) < 4.78 is 17.6. The van der Waals surface area contributed by atoms with Crippen LogP contribution in [-0.4, -0.2) is 17.7 Å². The molecule has 0 aliphatic carbocycles. The van der Waals surface area contributed by atoms with Crippen LogP contribution in [0.5, 0.6) is 11.5 Å². The van der Waals surface area contributed by atoms with Crippen molar-refractivity contribution in [1.29, 1.82) is 0 Å². The zero-order valence-electron chi connectivity index (χ0n) is 18.7. The van der Waals surface area contributed by atoms with Gasteiger partial charge in [0.25, 0.3) is 0 Å². The maximum Gasteiger partial charge on any atom is 0.311 e. The van der Waals surface area contributed by atoms with Gasteiger partial charge < -0.3 is 19.3 Å². The van der Waals surface area contributed by atoms with Gasteiger partial charge >= 0.3 is 5.97 Å². The number of carbonyl (C=O) groups excluding carboxylic acids is 1. The summed E-state index contributed by atoms with van der Waals surface area (Å²) >= 11 is 6.36. The average molecular weight is 479 g/mol. The third-order valence-corrected chi connectivity index (χ3v) is 6.00. The van der Waals surface area contributed by atoms with Crippen LogP contribution in [0.15, 0.2) is 91.0 Å². The highest BCUT2D eigenvalue weighted by Gasteiger charge is 2.35. The highest BCUT2D eigenvalue weighted by molar-refractivity contribution is 6.31. The number of allylic oxidation sites excluding steroid dienone is 2. The number of phenolic OH excluding ortho intramolecular Hbond substituents is 1. The maximum atomic E-state index is 12.0. The average Bonchev–Trinajstić information content (AvgIpc) is 2.85. The molecule has 1 aliphatic heterocycles. The van der Waals surface area contributed by atoms with Gasteiger partial charge in [-0.1, -0.05) is 78.4 Å². The van der Waals surface area contributed by atoms with Crippen molar-refractivity contribution < 1.29 is 24.1 Å². The topological polar surface area (TPSA) is 65.0 Å². The van der Waals surface area contributed by atoms with Gasteiger partial charge in [0.2, 0.25) is 0 Å². The van der Waals surface area contributed by atoms with Crippen LogP contribution in [0.25, 0.3) is 0 Å². The minimum atomic E-state index is -0.619. The number of rotatable bonds is 8. The van der Waals surface area contributed by atoms with Crippen molar-refractivity contribution >= 4 is 17.6 Å². The van der Waals surface area contributed by atoms with E-state index in [0.29, 0.717) is 42.2 Å². The first-order valence-corrected chi connectivity index (χ1v) is 11.7. The van der Waals surface area contributed by atoms with Gasteiger partial charge in [-0.05, 0) is 37.1 Å². The van der Waals surface area contributed by atoms with Crippen LogP contribution in [0.2, 0.25) is 5.02 Å². The van der Waals surface area contributed by atoms with Crippen molar-refractivity contribution in [3.8, 4) is 11.5 Å². The zero-order valence-corrected chi connectivity index (χ0v) is 19.4. The fourth-order valence-corrected chi connectivity index (χ4v) is 4.14. The first-order valence-electron chi connectivity index (χ1n) is 11.3. The number of hydrogen-bond donors (Lipinski definition) is 1. The summed E-state index contributed by atoms with van der Waals surface area (Å²) in [6.07, 6.45) is 4.53. The predicted molar refractivity (Wildman–Crippen MR) is 131 cm³/mol. The molecule has 0 aromatic heterocycles. The first kappa shape index (κ1) is 24.0. The van der Waals surface area contributed by atoms with Crippen LogP contribution < -0.4 is 4.74 Å². The highest BCUT2D eigenvalue weighted by atomic mass is 35.5. The minimum absolute atomic E-state index is 0.0143. The van der Waals surface area contributed by atoms with E-state index in [1.807, 2.05) is 60.7 Å². The Morgan fingerprint density at radius 2 is 1.68 bits per heavy atom. The molecule has 1 aliphatic rings. The van der Waals surface area contributed by atoms with E-state index < -0.39 is 6.29 Å². The molecule has 3 atom stereocenters. The van der Waals surface area contributed by atoms with Crippen LogP contribution in [0.3, 0.4) is 0 Å². The van der Waals surface area contributed by atoms with Gasteiger partial charge in [-0.15, -0.1) is 0 Å². The molecule has 5 nitrogen and oxygen atoms in total. The lowest BCUT2D eigenvalue weighted by Crippen LogP contribution is -2.30. The molecule has 176 valence electrons. The van der Waals surface area contributed by atoms with Gasteiger partial charge in [-0.2, -0.15) is 0 Å². The normalized spacial score (nSPS) is 20.3. The van der Waals surface area contributed by atoms with Gasteiger partial charge in [0.15, 0.2) is 6.29 Å². The molecular formula is C28H27ClO5. The largest absolute Gasteiger partial charge is 0.508 e. The van der Waals surface area contributed by atoms with Crippen LogP contribution in [0, 0.1) is 5.92 Å². The molecule has 4 rings (SSSR count). The van der Waals surface area contributed by atoms with E-state index in [1.54, 1.807) is 30.3 Å². The molecule has 1 N–H and O–H groups in total. The van der Waals surface area contributed by atoms with Crippen molar-refractivity contribution in [3.05, 3.63) is 107 Å². The van der Waals surface area contributed by atoms with E-state index in [9.17, 15) is 9.90 Å². The molecule has 3 aromatic rings. The van der Waals surface area contributed by atoms with E-state index in [4.69, 9.17) is 25.8 Å². The van der Waals surface area contributed by atoms with Crippen molar-refractivity contribution in [2.24, 2.45) is 5.92 Å². The fraction of sp³-hybridized carbons (Fsp3) is 0.250. The summed E-state index contributed by atoms with van der Waals surface area (Å²) in [6, 6.07) is 23.7. The number of phenols is 1. The molecule has 0 bridgehead atoms. The molecule has 6 heteroatoms. The van der Waals surface area contributed by atoms with Crippen molar-refractivity contribution in [1.82, 2.24) is 0 Å². The number of benzene rings is 3. The zero-order chi connectivity index (χ0) is 23.8. The molecule has 0 saturated carbocycles. The number of esters is 1. The second kappa shape index (κ2) is 11.8. The number of para-hydroxylation sites is 2. The van der Waals surface area contributed by atoms with Gasteiger partial charge in [0.1, 0.15) is 11.5 Å². The monoisotopic (exact) mass is 478 g/mol. The van der Waals surface area contributed by atoms with Crippen LogP contribution in [-0.2, 0) is 14.3 Å². The Morgan fingerprint density at radius 3 is 2.44 bits per heavy atom.